The first kappa shape index (κ1) is 17.3. The predicted molar refractivity (Wildman–Crippen MR) is 91.4 cm³/mol. The van der Waals surface area contributed by atoms with Gasteiger partial charge in [0.2, 0.25) is 5.91 Å². The van der Waals surface area contributed by atoms with Crippen LogP contribution in [-0.2, 0) is 11.3 Å². The molecule has 6 nitrogen and oxygen atoms in total. The van der Waals surface area contributed by atoms with Crippen LogP contribution in [-0.4, -0.2) is 33.0 Å². The van der Waals surface area contributed by atoms with Gasteiger partial charge < -0.3 is 15.0 Å². The number of hydrogen-bond donors (Lipinski definition) is 1. The second-order valence-corrected chi connectivity index (χ2v) is 6.51. The first-order valence-electron chi connectivity index (χ1n) is 7.60. The first-order chi connectivity index (χ1) is 11.1. The molecule has 0 radical (unpaired) electrons. The number of primary amides is 1. The van der Waals surface area contributed by atoms with Crippen LogP contribution in [0.2, 0.25) is 0 Å². The highest BCUT2D eigenvalue weighted by molar-refractivity contribution is 8.00. The fourth-order valence-corrected chi connectivity index (χ4v) is 2.89. The molecule has 0 aliphatic rings. The molecule has 0 spiro atoms. The lowest BCUT2D eigenvalue weighted by Crippen LogP contribution is -2.23. The van der Waals surface area contributed by atoms with Gasteiger partial charge in [0.15, 0.2) is 11.0 Å². The van der Waals surface area contributed by atoms with Crippen molar-refractivity contribution in [2.45, 2.75) is 43.6 Å². The minimum absolute atomic E-state index is 0.344. The van der Waals surface area contributed by atoms with Crippen LogP contribution < -0.4 is 10.5 Å². The number of hydrogen-bond acceptors (Lipinski definition) is 5. The van der Waals surface area contributed by atoms with E-state index >= 15 is 0 Å². The summed E-state index contributed by atoms with van der Waals surface area (Å²) < 4.78 is 7.24. The van der Waals surface area contributed by atoms with Gasteiger partial charge in [-0.25, -0.2) is 0 Å². The largest absolute Gasteiger partial charge is 0.497 e. The summed E-state index contributed by atoms with van der Waals surface area (Å²) in [7, 11) is 1.64. The van der Waals surface area contributed by atoms with E-state index in [0.717, 1.165) is 41.7 Å². The summed E-state index contributed by atoms with van der Waals surface area (Å²) in [5.41, 5.74) is 6.32. The van der Waals surface area contributed by atoms with E-state index in [1.54, 1.807) is 14.0 Å². The van der Waals surface area contributed by atoms with Crippen molar-refractivity contribution in [3.8, 4) is 17.1 Å². The maximum atomic E-state index is 11.3. The molecule has 124 valence electrons. The number of aromatic nitrogens is 3. The average molecular weight is 334 g/mol. The quantitative estimate of drug-likeness (QED) is 0.751. The van der Waals surface area contributed by atoms with Gasteiger partial charge in [0, 0.05) is 12.1 Å². The lowest BCUT2D eigenvalue weighted by Gasteiger charge is -2.11. The first-order valence-corrected chi connectivity index (χ1v) is 8.48. The normalized spacial score (nSPS) is 12.1. The van der Waals surface area contributed by atoms with Crippen LogP contribution in [0.5, 0.6) is 5.75 Å². The third-order valence-corrected chi connectivity index (χ3v) is 4.58. The molecule has 7 heteroatoms. The van der Waals surface area contributed by atoms with Crippen molar-refractivity contribution in [1.29, 1.82) is 0 Å². The van der Waals surface area contributed by atoms with Crippen LogP contribution >= 0.6 is 11.8 Å². The van der Waals surface area contributed by atoms with Gasteiger partial charge in [-0.15, -0.1) is 10.2 Å². The molecule has 1 amide bonds. The number of nitrogens with two attached hydrogens (primary N) is 1. The summed E-state index contributed by atoms with van der Waals surface area (Å²) >= 11 is 1.34. The van der Waals surface area contributed by atoms with Crippen molar-refractivity contribution in [3.63, 3.8) is 0 Å². The Balaban J connectivity index is 2.34. The molecule has 1 aromatic carbocycles. The highest BCUT2D eigenvalue weighted by Crippen LogP contribution is 2.28. The minimum atomic E-state index is -0.356. The number of nitrogens with zero attached hydrogens (tertiary/aromatic N) is 3. The molecule has 2 aromatic rings. The Morgan fingerprint density at radius 2 is 2.04 bits per heavy atom. The number of unbranched alkanes of at least 4 members (excludes halogenated alkanes) is 1. The van der Waals surface area contributed by atoms with Crippen molar-refractivity contribution in [1.82, 2.24) is 14.8 Å². The Morgan fingerprint density at radius 3 is 2.61 bits per heavy atom. The highest BCUT2D eigenvalue weighted by Gasteiger charge is 2.19. The standard InChI is InChI=1S/C16H22N4O2S/c1-4-5-10-20-15(12-6-8-13(22-3)9-7-12)18-19-16(20)23-11(2)14(17)21/h6-9,11H,4-5,10H2,1-3H3,(H2,17,21). The van der Waals surface area contributed by atoms with E-state index in [-0.39, 0.29) is 11.2 Å². The summed E-state index contributed by atoms with van der Waals surface area (Å²) in [5.74, 6) is 1.23. The van der Waals surface area contributed by atoms with E-state index < -0.39 is 0 Å². The van der Waals surface area contributed by atoms with Crippen molar-refractivity contribution < 1.29 is 9.53 Å². The third kappa shape index (κ3) is 4.25. The molecule has 1 unspecified atom stereocenters. The molecule has 1 aromatic heterocycles. The van der Waals surface area contributed by atoms with Gasteiger partial charge in [-0.2, -0.15) is 0 Å². The number of thioether (sulfide) groups is 1. The highest BCUT2D eigenvalue weighted by atomic mass is 32.2. The second-order valence-electron chi connectivity index (χ2n) is 5.20. The smallest absolute Gasteiger partial charge is 0.230 e. The fraction of sp³-hybridized carbons (Fsp3) is 0.438. The number of amides is 1. The van der Waals surface area contributed by atoms with Gasteiger partial charge in [-0.3, -0.25) is 4.79 Å². The molecule has 0 aliphatic carbocycles. The Hall–Kier alpha value is -2.02. The topological polar surface area (TPSA) is 83.0 Å². The van der Waals surface area contributed by atoms with Crippen LogP contribution in [0.4, 0.5) is 0 Å². The number of benzene rings is 1. The van der Waals surface area contributed by atoms with E-state index in [9.17, 15) is 4.79 Å². The molecule has 23 heavy (non-hydrogen) atoms. The molecule has 0 saturated heterocycles. The average Bonchev–Trinajstić information content (AvgIpc) is 2.95. The van der Waals surface area contributed by atoms with E-state index in [0.29, 0.717) is 0 Å². The van der Waals surface area contributed by atoms with E-state index in [4.69, 9.17) is 10.5 Å². The van der Waals surface area contributed by atoms with Gasteiger partial charge in [0.25, 0.3) is 0 Å². The fourth-order valence-electron chi connectivity index (χ4n) is 2.06. The third-order valence-electron chi connectivity index (χ3n) is 3.48. The SMILES string of the molecule is CCCCn1c(SC(C)C(N)=O)nnc1-c1ccc(OC)cc1. The summed E-state index contributed by atoms with van der Waals surface area (Å²) in [5, 5.41) is 8.93. The Morgan fingerprint density at radius 1 is 1.35 bits per heavy atom. The predicted octanol–water partition coefficient (Wildman–Crippen LogP) is 2.72. The van der Waals surface area contributed by atoms with Crippen LogP contribution in [0.3, 0.4) is 0 Å². The molecule has 2 rings (SSSR count). The second kappa shape index (κ2) is 8.01. The summed E-state index contributed by atoms with van der Waals surface area (Å²) in [6, 6.07) is 7.70. The molecule has 1 heterocycles. The van der Waals surface area contributed by atoms with Crippen LogP contribution in [0, 0.1) is 0 Å². The number of methoxy groups -OCH3 is 1. The zero-order valence-corrected chi connectivity index (χ0v) is 14.5. The summed E-state index contributed by atoms with van der Waals surface area (Å²) in [6.45, 7) is 4.72. The van der Waals surface area contributed by atoms with E-state index in [1.165, 1.54) is 11.8 Å². The zero-order chi connectivity index (χ0) is 16.8. The Kier molecular flexibility index (Phi) is 6.04. The van der Waals surface area contributed by atoms with Crippen molar-refractivity contribution in [2.24, 2.45) is 5.73 Å². The molecule has 2 N–H and O–H groups in total. The van der Waals surface area contributed by atoms with Gasteiger partial charge in [-0.05, 0) is 37.6 Å². The number of carbonyl (C=O) groups is 1. The lowest BCUT2D eigenvalue weighted by atomic mass is 10.2. The van der Waals surface area contributed by atoms with Crippen molar-refractivity contribution >= 4 is 17.7 Å². The van der Waals surface area contributed by atoms with Crippen molar-refractivity contribution in [3.05, 3.63) is 24.3 Å². The van der Waals surface area contributed by atoms with E-state index in [1.807, 2.05) is 24.3 Å². The van der Waals surface area contributed by atoms with Gasteiger partial charge >= 0.3 is 0 Å². The Bertz CT molecular complexity index is 655. The van der Waals surface area contributed by atoms with Crippen LogP contribution in [0.15, 0.2) is 29.4 Å². The minimum Gasteiger partial charge on any atom is -0.497 e. The van der Waals surface area contributed by atoms with Crippen molar-refractivity contribution in [2.75, 3.05) is 7.11 Å². The van der Waals surface area contributed by atoms with Gasteiger partial charge in [0.1, 0.15) is 5.75 Å². The number of ether oxygens (including phenoxy) is 1. The maximum Gasteiger partial charge on any atom is 0.230 e. The zero-order valence-electron chi connectivity index (χ0n) is 13.7. The monoisotopic (exact) mass is 334 g/mol. The molecule has 0 aliphatic heterocycles. The van der Waals surface area contributed by atoms with Gasteiger partial charge in [0.05, 0.1) is 12.4 Å². The van der Waals surface area contributed by atoms with E-state index in [2.05, 4.69) is 21.7 Å². The molecular weight excluding hydrogens is 312 g/mol. The lowest BCUT2D eigenvalue weighted by molar-refractivity contribution is -0.117. The molecule has 1 atom stereocenters. The molecule has 0 bridgehead atoms. The molecule has 0 saturated carbocycles. The van der Waals surface area contributed by atoms with Gasteiger partial charge in [-0.1, -0.05) is 25.1 Å². The van der Waals surface area contributed by atoms with Crippen LogP contribution in [0.25, 0.3) is 11.4 Å². The molecule has 0 fully saturated rings. The van der Waals surface area contributed by atoms with Crippen LogP contribution in [0.1, 0.15) is 26.7 Å². The molecular formula is C16H22N4O2S. The number of rotatable bonds is 8. The number of carbonyl (C=O) groups excluding carboxylic acids is 1. The Labute approximate surface area is 140 Å². The maximum absolute atomic E-state index is 11.3. The summed E-state index contributed by atoms with van der Waals surface area (Å²) in [4.78, 5) is 11.3. The summed E-state index contributed by atoms with van der Waals surface area (Å²) in [6.07, 6.45) is 2.08.